The molecule has 1 aliphatic heterocycles. The third-order valence-electron chi connectivity index (χ3n) is 4.09. The number of aryl methyl sites for hydroxylation is 1. The Kier molecular flexibility index (Phi) is 3.97. The molecule has 0 aromatic carbocycles. The number of hydrogen-bond donors (Lipinski definition) is 1. The average molecular weight is 261 g/mol. The Morgan fingerprint density at radius 2 is 2.11 bits per heavy atom. The maximum atomic E-state index is 5.48. The molecule has 1 fully saturated rings. The molecular weight excluding hydrogens is 238 g/mol. The molecule has 1 aromatic rings. The minimum absolute atomic E-state index is 0.394. The van der Waals surface area contributed by atoms with E-state index in [1.165, 1.54) is 30.5 Å². The summed E-state index contributed by atoms with van der Waals surface area (Å²) in [6.07, 6.45) is 7.13. The van der Waals surface area contributed by atoms with Gasteiger partial charge in [-0.3, -0.25) is 0 Å². The summed E-state index contributed by atoms with van der Waals surface area (Å²) in [5.41, 5.74) is 2.65. The highest BCUT2D eigenvalue weighted by Gasteiger charge is 2.24. The molecule has 1 unspecified atom stereocenters. The van der Waals surface area contributed by atoms with Gasteiger partial charge in [-0.25, -0.2) is 9.97 Å². The number of hydrogen-bond acceptors (Lipinski definition) is 4. The van der Waals surface area contributed by atoms with Gasteiger partial charge in [0.05, 0.1) is 6.61 Å². The molecule has 2 heterocycles. The van der Waals surface area contributed by atoms with Crippen LogP contribution in [0.4, 0.5) is 5.82 Å². The third kappa shape index (κ3) is 2.73. The lowest BCUT2D eigenvalue weighted by atomic mass is 10.1. The molecular formula is C15H23N3O. The van der Waals surface area contributed by atoms with Crippen molar-refractivity contribution in [3.8, 4) is 0 Å². The van der Waals surface area contributed by atoms with Gasteiger partial charge in [-0.2, -0.15) is 0 Å². The van der Waals surface area contributed by atoms with Crippen molar-refractivity contribution in [3.63, 3.8) is 0 Å². The van der Waals surface area contributed by atoms with E-state index in [1.54, 1.807) is 0 Å². The van der Waals surface area contributed by atoms with E-state index < -0.39 is 0 Å². The van der Waals surface area contributed by atoms with Crippen molar-refractivity contribution in [3.05, 3.63) is 17.1 Å². The zero-order valence-electron chi connectivity index (χ0n) is 11.7. The molecule has 0 radical (unpaired) electrons. The number of nitrogens with one attached hydrogen (secondary N) is 1. The van der Waals surface area contributed by atoms with E-state index in [1.807, 2.05) is 0 Å². The van der Waals surface area contributed by atoms with Crippen molar-refractivity contribution >= 4 is 5.82 Å². The molecule has 104 valence electrons. The molecule has 1 atom stereocenters. The first kappa shape index (κ1) is 12.9. The molecule has 1 aliphatic carbocycles. The number of fused-ring (bicyclic) bond motifs is 1. The predicted octanol–water partition coefficient (Wildman–Crippen LogP) is 2.68. The van der Waals surface area contributed by atoms with Crippen molar-refractivity contribution < 1.29 is 4.74 Å². The lowest BCUT2D eigenvalue weighted by molar-refractivity contribution is 0.193. The maximum absolute atomic E-state index is 5.48. The fourth-order valence-electron chi connectivity index (χ4n) is 3.02. The predicted molar refractivity (Wildman–Crippen MR) is 75.6 cm³/mol. The minimum Gasteiger partial charge on any atom is -0.381 e. The van der Waals surface area contributed by atoms with Crippen LogP contribution in [0.1, 0.15) is 55.6 Å². The zero-order valence-corrected chi connectivity index (χ0v) is 11.7. The molecule has 2 aliphatic rings. The molecule has 0 bridgehead atoms. The number of ether oxygens (including phenoxy) is 1. The van der Waals surface area contributed by atoms with Crippen LogP contribution in [0.5, 0.6) is 0 Å². The van der Waals surface area contributed by atoms with Crippen molar-refractivity contribution in [1.29, 1.82) is 0 Å². The standard InChI is InChI=1S/C15H23N3O/c1-2-16-15-12-6-4-3-5-7-13(12)17-14(18-15)11-8-9-19-10-11/h11H,2-10H2,1H3,(H,16,17,18). The van der Waals surface area contributed by atoms with Crippen LogP contribution in [-0.2, 0) is 17.6 Å². The van der Waals surface area contributed by atoms with Crippen LogP contribution in [0.3, 0.4) is 0 Å². The van der Waals surface area contributed by atoms with Gasteiger partial charge in [0.2, 0.25) is 0 Å². The summed E-state index contributed by atoms with van der Waals surface area (Å²) >= 11 is 0. The summed E-state index contributed by atoms with van der Waals surface area (Å²) < 4.78 is 5.48. The number of nitrogens with zero attached hydrogens (tertiary/aromatic N) is 2. The highest BCUT2D eigenvalue weighted by atomic mass is 16.5. The van der Waals surface area contributed by atoms with E-state index in [-0.39, 0.29) is 0 Å². The smallest absolute Gasteiger partial charge is 0.136 e. The van der Waals surface area contributed by atoms with Crippen LogP contribution in [0.2, 0.25) is 0 Å². The summed E-state index contributed by atoms with van der Waals surface area (Å²) in [4.78, 5) is 9.66. The SMILES string of the molecule is CCNc1nc(C2CCOC2)nc2c1CCCCC2. The third-order valence-corrected chi connectivity index (χ3v) is 4.09. The Balaban J connectivity index is 1.97. The molecule has 4 heteroatoms. The summed E-state index contributed by atoms with van der Waals surface area (Å²) in [6.45, 7) is 4.68. The van der Waals surface area contributed by atoms with E-state index in [4.69, 9.17) is 14.7 Å². The summed E-state index contributed by atoms with van der Waals surface area (Å²) in [5.74, 6) is 2.47. The van der Waals surface area contributed by atoms with E-state index in [2.05, 4.69) is 12.2 Å². The van der Waals surface area contributed by atoms with Gasteiger partial charge in [0.15, 0.2) is 0 Å². The Bertz CT molecular complexity index is 441. The Morgan fingerprint density at radius 1 is 1.21 bits per heavy atom. The van der Waals surface area contributed by atoms with Crippen molar-refractivity contribution in [2.75, 3.05) is 25.1 Å². The quantitative estimate of drug-likeness (QED) is 0.850. The lowest BCUT2D eigenvalue weighted by Gasteiger charge is -2.16. The van der Waals surface area contributed by atoms with Crippen LogP contribution in [0.15, 0.2) is 0 Å². The van der Waals surface area contributed by atoms with Crippen molar-refractivity contribution in [1.82, 2.24) is 9.97 Å². The van der Waals surface area contributed by atoms with Gasteiger partial charge >= 0.3 is 0 Å². The van der Waals surface area contributed by atoms with Gasteiger partial charge in [-0.15, -0.1) is 0 Å². The van der Waals surface area contributed by atoms with E-state index in [9.17, 15) is 0 Å². The zero-order chi connectivity index (χ0) is 13.1. The first-order valence-electron chi connectivity index (χ1n) is 7.59. The average Bonchev–Trinajstić information content (AvgIpc) is 2.85. The van der Waals surface area contributed by atoms with Gasteiger partial charge in [-0.1, -0.05) is 6.42 Å². The monoisotopic (exact) mass is 261 g/mol. The van der Waals surface area contributed by atoms with Crippen LogP contribution in [0.25, 0.3) is 0 Å². The van der Waals surface area contributed by atoms with Gasteiger partial charge in [0.25, 0.3) is 0 Å². The summed E-state index contributed by atoms with van der Waals surface area (Å²) in [7, 11) is 0. The fraction of sp³-hybridized carbons (Fsp3) is 0.733. The number of anilines is 1. The molecule has 19 heavy (non-hydrogen) atoms. The summed E-state index contributed by atoms with van der Waals surface area (Å²) in [5, 5.41) is 3.44. The van der Waals surface area contributed by atoms with E-state index in [0.717, 1.165) is 50.7 Å². The molecule has 1 aromatic heterocycles. The molecule has 1 saturated heterocycles. The Hall–Kier alpha value is -1.16. The molecule has 0 spiro atoms. The molecule has 0 saturated carbocycles. The van der Waals surface area contributed by atoms with Gasteiger partial charge in [-0.05, 0) is 39.0 Å². The molecule has 1 N–H and O–H groups in total. The lowest BCUT2D eigenvalue weighted by Crippen LogP contribution is -2.13. The second kappa shape index (κ2) is 5.87. The van der Waals surface area contributed by atoms with Crippen LogP contribution in [0, 0.1) is 0 Å². The normalized spacial score (nSPS) is 22.9. The maximum Gasteiger partial charge on any atom is 0.136 e. The molecule has 4 nitrogen and oxygen atoms in total. The highest BCUT2D eigenvalue weighted by Crippen LogP contribution is 2.29. The Labute approximate surface area is 115 Å². The van der Waals surface area contributed by atoms with Crippen LogP contribution in [-0.4, -0.2) is 29.7 Å². The number of rotatable bonds is 3. The van der Waals surface area contributed by atoms with Gasteiger partial charge < -0.3 is 10.1 Å². The van der Waals surface area contributed by atoms with E-state index in [0.29, 0.717) is 5.92 Å². The second-order valence-corrected chi connectivity index (χ2v) is 5.51. The van der Waals surface area contributed by atoms with Crippen LogP contribution >= 0.6 is 0 Å². The van der Waals surface area contributed by atoms with Gasteiger partial charge in [0, 0.05) is 30.3 Å². The summed E-state index contributed by atoms with van der Waals surface area (Å²) in [6, 6.07) is 0. The fourth-order valence-corrected chi connectivity index (χ4v) is 3.02. The Morgan fingerprint density at radius 3 is 2.89 bits per heavy atom. The topological polar surface area (TPSA) is 47.0 Å². The minimum atomic E-state index is 0.394. The van der Waals surface area contributed by atoms with Gasteiger partial charge in [0.1, 0.15) is 11.6 Å². The highest BCUT2D eigenvalue weighted by molar-refractivity contribution is 5.47. The number of aromatic nitrogens is 2. The second-order valence-electron chi connectivity index (χ2n) is 5.51. The van der Waals surface area contributed by atoms with E-state index >= 15 is 0 Å². The molecule has 3 rings (SSSR count). The first-order chi connectivity index (χ1) is 9.38. The largest absolute Gasteiger partial charge is 0.381 e. The van der Waals surface area contributed by atoms with Crippen molar-refractivity contribution in [2.45, 2.75) is 51.4 Å². The first-order valence-corrected chi connectivity index (χ1v) is 7.59. The van der Waals surface area contributed by atoms with Crippen molar-refractivity contribution in [2.24, 2.45) is 0 Å². The molecule has 0 amide bonds. The van der Waals surface area contributed by atoms with Crippen LogP contribution < -0.4 is 5.32 Å².